The summed E-state index contributed by atoms with van der Waals surface area (Å²) in [6, 6.07) is 5.13. The standard InChI is InChI=1S/C15H21N2O4P/c1-9(2)7-13(17-22-21)14(18)11-6-4-3-5-10(11)8-12(16)15(19)20/h3-6,9,12-13H,7-8,16H2,1-2H3,(H,17,21)(H,19,20). The second-order valence-electron chi connectivity index (χ2n) is 5.57. The maximum atomic E-state index is 12.6. The summed E-state index contributed by atoms with van der Waals surface area (Å²) in [6.07, 6.45) is 0.605. The SMILES string of the molecule is CC(C)CC(NP=O)C(=O)c1ccccc1CC(N)C(=O)O. The van der Waals surface area contributed by atoms with E-state index in [-0.39, 0.29) is 26.7 Å². The lowest BCUT2D eigenvalue weighted by atomic mass is 9.91. The predicted octanol–water partition coefficient (Wildman–Crippen LogP) is 2.03. The van der Waals surface area contributed by atoms with E-state index in [0.717, 1.165) is 0 Å². The largest absolute Gasteiger partial charge is 0.480 e. The van der Waals surface area contributed by atoms with Crippen molar-refractivity contribution >= 4 is 20.4 Å². The number of nitrogens with one attached hydrogen (secondary N) is 1. The lowest BCUT2D eigenvalue weighted by molar-refractivity contribution is -0.138. The van der Waals surface area contributed by atoms with Gasteiger partial charge in [0.25, 0.3) is 0 Å². The molecule has 120 valence electrons. The van der Waals surface area contributed by atoms with Crippen molar-refractivity contribution in [3.8, 4) is 0 Å². The highest BCUT2D eigenvalue weighted by Gasteiger charge is 2.24. The Morgan fingerprint density at radius 3 is 2.50 bits per heavy atom. The highest BCUT2D eigenvalue weighted by Crippen LogP contribution is 2.18. The minimum atomic E-state index is -1.11. The zero-order chi connectivity index (χ0) is 16.7. The third kappa shape index (κ3) is 5.30. The van der Waals surface area contributed by atoms with Crippen molar-refractivity contribution in [2.45, 2.75) is 38.8 Å². The fraction of sp³-hybridized carbons (Fsp3) is 0.467. The normalized spacial score (nSPS) is 14.0. The van der Waals surface area contributed by atoms with Crippen LogP contribution in [-0.2, 0) is 15.8 Å². The first kappa shape index (κ1) is 18.4. The molecule has 0 aliphatic rings. The Kier molecular flexibility index (Phi) is 7.32. The summed E-state index contributed by atoms with van der Waals surface area (Å²) in [4.78, 5) is 23.6. The number of hydrogen-bond donors (Lipinski definition) is 3. The number of carboxylic acids is 1. The van der Waals surface area contributed by atoms with Crippen LogP contribution in [0.2, 0.25) is 0 Å². The molecule has 0 saturated heterocycles. The Bertz CT molecular complexity index is 548. The molecular weight excluding hydrogens is 303 g/mol. The Labute approximate surface area is 131 Å². The molecule has 0 spiro atoms. The van der Waals surface area contributed by atoms with Gasteiger partial charge in [0.05, 0.1) is 6.04 Å². The number of nitrogens with two attached hydrogens (primary N) is 1. The van der Waals surface area contributed by atoms with E-state index in [9.17, 15) is 14.2 Å². The van der Waals surface area contributed by atoms with Crippen LogP contribution < -0.4 is 10.8 Å². The number of hydrogen-bond acceptors (Lipinski definition) is 4. The highest BCUT2D eigenvalue weighted by atomic mass is 31.1. The average molecular weight is 324 g/mol. The van der Waals surface area contributed by atoms with Crippen LogP contribution in [-0.4, -0.2) is 28.9 Å². The summed E-state index contributed by atoms with van der Waals surface area (Å²) in [7, 11) is -0.308. The average Bonchev–Trinajstić information content (AvgIpc) is 2.46. The van der Waals surface area contributed by atoms with Gasteiger partial charge in [0.15, 0.2) is 5.78 Å². The molecule has 0 bridgehead atoms. The molecule has 1 aromatic carbocycles. The zero-order valence-electron chi connectivity index (χ0n) is 12.7. The molecule has 1 aromatic rings. The van der Waals surface area contributed by atoms with E-state index in [2.05, 4.69) is 5.09 Å². The van der Waals surface area contributed by atoms with Crippen LogP contribution in [0.3, 0.4) is 0 Å². The molecule has 1 rings (SSSR count). The van der Waals surface area contributed by atoms with Crippen LogP contribution in [0.4, 0.5) is 0 Å². The van der Waals surface area contributed by atoms with Crippen molar-refractivity contribution in [2.24, 2.45) is 11.7 Å². The molecule has 6 nitrogen and oxygen atoms in total. The van der Waals surface area contributed by atoms with E-state index >= 15 is 0 Å². The second kappa shape index (κ2) is 8.73. The van der Waals surface area contributed by atoms with Gasteiger partial charge >= 0.3 is 5.97 Å². The van der Waals surface area contributed by atoms with Crippen molar-refractivity contribution in [1.29, 1.82) is 0 Å². The monoisotopic (exact) mass is 324 g/mol. The number of rotatable bonds is 9. The van der Waals surface area contributed by atoms with Gasteiger partial charge in [0, 0.05) is 5.56 Å². The van der Waals surface area contributed by atoms with E-state index in [1.807, 2.05) is 13.8 Å². The number of Topliss-reactive ketones (excluding diaryl/α,β-unsaturated/α-hetero) is 1. The fourth-order valence-electron chi connectivity index (χ4n) is 2.20. The molecule has 7 heteroatoms. The van der Waals surface area contributed by atoms with Gasteiger partial charge in [-0.25, -0.2) is 5.09 Å². The van der Waals surface area contributed by atoms with Gasteiger partial charge < -0.3 is 10.8 Å². The smallest absolute Gasteiger partial charge is 0.320 e. The van der Waals surface area contributed by atoms with Crippen LogP contribution in [0, 0.1) is 5.92 Å². The minimum Gasteiger partial charge on any atom is -0.480 e. The molecule has 0 aromatic heterocycles. The van der Waals surface area contributed by atoms with Crippen LogP contribution in [0.15, 0.2) is 24.3 Å². The topological polar surface area (TPSA) is 109 Å². The van der Waals surface area contributed by atoms with Crippen molar-refractivity contribution in [2.75, 3.05) is 0 Å². The number of ketones is 1. The minimum absolute atomic E-state index is 0.0702. The molecule has 0 saturated carbocycles. The molecule has 0 fully saturated rings. The number of benzene rings is 1. The van der Waals surface area contributed by atoms with Gasteiger partial charge in [-0.1, -0.05) is 38.1 Å². The van der Waals surface area contributed by atoms with Crippen molar-refractivity contribution in [3.05, 3.63) is 35.4 Å². The summed E-state index contributed by atoms with van der Waals surface area (Å²) in [5.41, 5.74) is 6.56. The van der Waals surface area contributed by atoms with E-state index in [1.54, 1.807) is 24.3 Å². The number of carbonyl (C=O) groups is 2. The highest BCUT2D eigenvalue weighted by molar-refractivity contribution is 7.21. The van der Waals surface area contributed by atoms with Crippen LogP contribution >= 0.6 is 8.61 Å². The lowest BCUT2D eigenvalue weighted by Crippen LogP contribution is -2.35. The van der Waals surface area contributed by atoms with Gasteiger partial charge in [-0.05, 0) is 24.3 Å². The quantitative estimate of drug-likeness (QED) is 0.474. The van der Waals surface area contributed by atoms with Crippen molar-refractivity contribution in [3.63, 3.8) is 0 Å². The maximum Gasteiger partial charge on any atom is 0.320 e. The maximum absolute atomic E-state index is 12.6. The molecule has 0 radical (unpaired) electrons. The molecule has 0 aliphatic heterocycles. The third-order valence-corrected chi connectivity index (χ3v) is 3.69. The molecule has 4 N–H and O–H groups in total. The van der Waals surface area contributed by atoms with Crippen molar-refractivity contribution in [1.82, 2.24) is 5.09 Å². The van der Waals surface area contributed by atoms with Gasteiger partial charge in [0.2, 0.25) is 8.61 Å². The molecule has 0 amide bonds. The summed E-state index contributed by atoms with van der Waals surface area (Å²) in [5.74, 6) is -1.07. The predicted molar refractivity (Wildman–Crippen MR) is 84.1 cm³/mol. The van der Waals surface area contributed by atoms with E-state index < -0.39 is 18.1 Å². The fourth-order valence-corrected chi connectivity index (χ4v) is 2.55. The van der Waals surface area contributed by atoms with Crippen LogP contribution in [0.1, 0.15) is 36.2 Å². The first-order valence-corrected chi connectivity index (χ1v) is 7.86. The molecule has 22 heavy (non-hydrogen) atoms. The Morgan fingerprint density at radius 2 is 1.95 bits per heavy atom. The molecule has 0 aliphatic carbocycles. The van der Waals surface area contributed by atoms with Crippen LogP contribution in [0.25, 0.3) is 0 Å². The summed E-state index contributed by atoms with van der Waals surface area (Å²) < 4.78 is 10.8. The van der Waals surface area contributed by atoms with E-state index in [4.69, 9.17) is 10.8 Å². The Morgan fingerprint density at radius 1 is 1.32 bits per heavy atom. The first-order chi connectivity index (χ1) is 10.4. The molecule has 0 heterocycles. The first-order valence-electron chi connectivity index (χ1n) is 7.05. The Hall–Kier alpha value is -1.62. The number of carbonyl (C=O) groups excluding carboxylic acids is 1. The van der Waals surface area contributed by atoms with Gasteiger partial charge in [-0.3, -0.25) is 14.2 Å². The third-order valence-electron chi connectivity index (χ3n) is 3.27. The van der Waals surface area contributed by atoms with Crippen LogP contribution in [0.5, 0.6) is 0 Å². The number of aliphatic carboxylic acids is 1. The lowest BCUT2D eigenvalue weighted by Gasteiger charge is -2.18. The molecule has 2 atom stereocenters. The van der Waals surface area contributed by atoms with E-state index in [0.29, 0.717) is 17.5 Å². The molecular formula is C15H21N2O4P. The van der Waals surface area contributed by atoms with E-state index in [1.165, 1.54) is 0 Å². The van der Waals surface area contributed by atoms with Gasteiger partial charge in [-0.2, -0.15) is 0 Å². The zero-order valence-corrected chi connectivity index (χ0v) is 13.5. The summed E-state index contributed by atoms with van der Waals surface area (Å²) in [6.45, 7) is 3.94. The Balaban J connectivity index is 3.05. The number of carboxylic acid groups (broad SMARTS) is 1. The summed E-state index contributed by atoms with van der Waals surface area (Å²) >= 11 is 0. The summed E-state index contributed by atoms with van der Waals surface area (Å²) in [5, 5.41) is 11.6. The molecule has 2 unspecified atom stereocenters. The van der Waals surface area contributed by atoms with Gasteiger partial charge in [-0.15, -0.1) is 0 Å². The second-order valence-corrected chi connectivity index (χ2v) is 6.01. The van der Waals surface area contributed by atoms with Gasteiger partial charge in [0.1, 0.15) is 6.04 Å². The van der Waals surface area contributed by atoms with Crippen molar-refractivity contribution < 1.29 is 19.3 Å².